The summed E-state index contributed by atoms with van der Waals surface area (Å²) < 4.78 is 0. The van der Waals surface area contributed by atoms with Crippen LogP contribution >= 0.6 is 0 Å². The molecule has 0 aliphatic carbocycles. The zero-order valence-electron chi connectivity index (χ0n) is 13.1. The zero-order valence-corrected chi connectivity index (χ0v) is 13.1. The van der Waals surface area contributed by atoms with E-state index in [2.05, 4.69) is 10.4 Å². The third kappa shape index (κ3) is 3.43. The molecule has 3 N–H and O–H groups in total. The van der Waals surface area contributed by atoms with Gasteiger partial charge >= 0.3 is 0 Å². The molecular formula is C18H18N4O2. The van der Waals surface area contributed by atoms with Crippen LogP contribution < -0.4 is 16.1 Å². The lowest BCUT2D eigenvalue weighted by atomic mass is 10.1. The van der Waals surface area contributed by atoms with Crippen LogP contribution in [-0.2, 0) is 16.1 Å². The zero-order chi connectivity index (χ0) is 16.9. The highest BCUT2D eigenvalue weighted by atomic mass is 16.2. The van der Waals surface area contributed by atoms with Crippen LogP contribution in [0, 0.1) is 0 Å². The SMILES string of the molecule is NC(=O)[C@H]1CC(C(=O)NCc2ccccc2)=NN1c1ccccc1. The summed E-state index contributed by atoms with van der Waals surface area (Å²) >= 11 is 0. The number of amides is 2. The van der Waals surface area contributed by atoms with Crippen molar-refractivity contribution >= 4 is 23.2 Å². The van der Waals surface area contributed by atoms with Crippen molar-refractivity contribution in [3.63, 3.8) is 0 Å². The van der Waals surface area contributed by atoms with E-state index in [-0.39, 0.29) is 12.3 Å². The Morgan fingerprint density at radius 2 is 1.71 bits per heavy atom. The molecule has 2 amide bonds. The molecule has 2 aromatic rings. The fourth-order valence-electron chi connectivity index (χ4n) is 2.57. The minimum absolute atomic E-state index is 0.199. The Balaban J connectivity index is 1.73. The lowest BCUT2D eigenvalue weighted by Gasteiger charge is -2.20. The first-order valence-electron chi connectivity index (χ1n) is 7.68. The molecule has 0 aromatic heterocycles. The van der Waals surface area contributed by atoms with Gasteiger partial charge in [0.05, 0.1) is 5.69 Å². The highest BCUT2D eigenvalue weighted by Gasteiger charge is 2.34. The van der Waals surface area contributed by atoms with E-state index in [1.165, 1.54) is 5.01 Å². The van der Waals surface area contributed by atoms with Gasteiger partial charge in [-0.05, 0) is 17.7 Å². The van der Waals surface area contributed by atoms with E-state index in [4.69, 9.17) is 5.73 Å². The normalized spacial score (nSPS) is 16.6. The van der Waals surface area contributed by atoms with Crippen molar-refractivity contribution in [1.82, 2.24) is 5.32 Å². The van der Waals surface area contributed by atoms with E-state index < -0.39 is 11.9 Å². The van der Waals surface area contributed by atoms with Crippen LogP contribution in [0.3, 0.4) is 0 Å². The summed E-state index contributed by atoms with van der Waals surface area (Å²) in [4.78, 5) is 24.1. The van der Waals surface area contributed by atoms with Gasteiger partial charge in [0.15, 0.2) is 0 Å². The average molecular weight is 322 g/mol. The number of benzene rings is 2. The number of hydrazone groups is 1. The Hall–Kier alpha value is -3.15. The molecule has 0 fully saturated rings. The number of nitrogens with zero attached hydrogens (tertiary/aromatic N) is 2. The van der Waals surface area contributed by atoms with Crippen LogP contribution in [0.1, 0.15) is 12.0 Å². The van der Waals surface area contributed by atoms with Gasteiger partial charge in [0.2, 0.25) is 5.91 Å². The Morgan fingerprint density at radius 3 is 2.33 bits per heavy atom. The van der Waals surface area contributed by atoms with Gasteiger partial charge in [0.25, 0.3) is 5.91 Å². The molecule has 3 rings (SSSR count). The summed E-state index contributed by atoms with van der Waals surface area (Å²) in [6.07, 6.45) is 0.199. The fourth-order valence-corrected chi connectivity index (χ4v) is 2.57. The molecule has 1 atom stereocenters. The van der Waals surface area contributed by atoms with Crippen LogP contribution in [0.2, 0.25) is 0 Å². The molecule has 122 valence electrons. The number of hydrogen-bond donors (Lipinski definition) is 2. The highest BCUT2D eigenvalue weighted by molar-refractivity contribution is 6.40. The van der Waals surface area contributed by atoms with Crippen molar-refractivity contribution in [3.05, 3.63) is 66.2 Å². The van der Waals surface area contributed by atoms with Crippen LogP contribution in [-0.4, -0.2) is 23.6 Å². The Labute approximate surface area is 140 Å². The first-order chi connectivity index (χ1) is 11.6. The van der Waals surface area contributed by atoms with Gasteiger partial charge < -0.3 is 11.1 Å². The smallest absolute Gasteiger partial charge is 0.267 e. The number of carbonyl (C=O) groups excluding carboxylic acids is 2. The van der Waals surface area contributed by atoms with Crippen LogP contribution in [0.15, 0.2) is 65.8 Å². The first kappa shape index (κ1) is 15.7. The van der Waals surface area contributed by atoms with Gasteiger partial charge in [0, 0.05) is 13.0 Å². The lowest BCUT2D eigenvalue weighted by molar-refractivity contribution is -0.119. The van der Waals surface area contributed by atoms with E-state index in [1.54, 1.807) is 0 Å². The molecule has 0 unspecified atom stereocenters. The summed E-state index contributed by atoms with van der Waals surface area (Å²) in [7, 11) is 0. The Kier molecular flexibility index (Phi) is 4.56. The molecular weight excluding hydrogens is 304 g/mol. The molecule has 1 aliphatic rings. The molecule has 0 saturated heterocycles. The highest BCUT2D eigenvalue weighted by Crippen LogP contribution is 2.24. The average Bonchev–Trinajstić information content (AvgIpc) is 3.07. The van der Waals surface area contributed by atoms with Gasteiger partial charge in [-0.2, -0.15) is 5.10 Å². The number of nitrogens with one attached hydrogen (secondary N) is 1. The molecule has 0 saturated carbocycles. The summed E-state index contributed by atoms with van der Waals surface area (Å²) in [5.41, 5.74) is 7.50. The predicted octanol–water partition coefficient (Wildman–Crippen LogP) is 1.42. The molecule has 24 heavy (non-hydrogen) atoms. The second-order valence-electron chi connectivity index (χ2n) is 5.52. The van der Waals surface area contributed by atoms with Crippen LogP contribution in [0.4, 0.5) is 5.69 Å². The van der Waals surface area contributed by atoms with Crippen LogP contribution in [0.25, 0.3) is 0 Å². The summed E-state index contributed by atoms with van der Waals surface area (Å²) in [5, 5.41) is 8.65. The molecule has 0 spiro atoms. The van der Waals surface area contributed by atoms with Crippen molar-refractivity contribution in [3.8, 4) is 0 Å². The van der Waals surface area contributed by atoms with Crippen molar-refractivity contribution in [2.45, 2.75) is 19.0 Å². The molecule has 0 bridgehead atoms. The number of carbonyl (C=O) groups is 2. The van der Waals surface area contributed by atoms with Gasteiger partial charge in [-0.25, -0.2) is 0 Å². The minimum atomic E-state index is -0.648. The monoisotopic (exact) mass is 322 g/mol. The molecule has 6 nitrogen and oxygen atoms in total. The molecule has 2 aromatic carbocycles. The van der Waals surface area contributed by atoms with E-state index >= 15 is 0 Å². The van der Waals surface area contributed by atoms with E-state index in [9.17, 15) is 9.59 Å². The Bertz CT molecular complexity index is 759. The third-order valence-corrected chi connectivity index (χ3v) is 3.82. The van der Waals surface area contributed by atoms with Gasteiger partial charge in [0.1, 0.15) is 11.8 Å². The lowest BCUT2D eigenvalue weighted by Crippen LogP contribution is -2.39. The number of hydrogen-bond acceptors (Lipinski definition) is 4. The number of nitrogens with two attached hydrogens (primary N) is 1. The van der Waals surface area contributed by atoms with Crippen molar-refractivity contribution in [2.75, 3.05) is 5.01 Å². The molecule has 0 radical (unpaired) electrons. The van der Waals surface area contributed by atoms with Crippen LogP contribution in [0.5, 0.6) is 0 Å². The maximum absolute atomic E-state index is 12.3. The number of rotatable bonds is 5. The standard InChI is InChI=1S/C18H18N4O2/c19-17(23)16-11-15(21-22(16)14-9-5-2-6-10-14)18(24)20-12-13-7-3-1-4-8-13/h1-10,16H,11-12H2,(H2,19,23)(H,20,24)/t16-/m1/s1. The third-order valence-electron chi connectivity index (χ3n) is 3.82. The number of primary amides is 1. The topological polar surface area (TPSA) is 87.8 Å². The second-order valence-corrected chi connectivity index (χ2v) is 5.52. The Morgan fingerprint density at radius 1 is 1.08 bits per heavy atom. The van der Waals surface area contributed by atoms with Gasteiger partial charge in [-0.3, -0.25) is 14.6 Å². The van der Waals surface area contributed by atoms with E-state index in [0.29, 0.717) is 12.3 Å². The number of para-hydroxylation sites is 1. The van der Waals surface area contributed by atoms with Gasteiger partial charge in [-0.1, -0.05) is 48.5 Å². The van der Waals surface area contributed by atoms with E-state index in [1.807, 2.05) is 60.7 Å². The first-order valence-corrected chi connectivity index (χ1v) is 7.68. The quantitative estimate of drug-likeness (QED) is 0.873. The summed E-state index contributed by atoms with van der Waals surface area (Å²) in [6.45, 7) is 0.408. The molecule has 6 heteroatoms. The fraction of sp³-hybridized carbons (Fsp3) is 0.167. The van der Waals surface area contributed by atoms with Crippen molar-refractivity contribution in [1.29, 1.82) is 0 Å². The van der Waals surface area contributed by atoms with Crippen molar-refractivity contribution < 1.29 is 9.59 Å². The van der Waals surface area contributed by atoms with E-state index in [0.717, 1.165) is 11.3 Å². The number of anilines is 1. The molecule has 1 heterocycles. The predicted molar refractivity (Wildman–Crippen MR) is 92.2 cm³/mol. The summed E-state index contributed by atoms with van der Waals surface area (Å²) in [6, 6.07) is 18.2. The maximum atomic E-state index is 12.3. The second kappa shape index (κ2) is 6.95. The maximum Gasteiger partial charge on any atom is 0.267 e. The molecule has 1 aliphatic heterocycles. The van der Waals surface area contributed by atoms with Gasteiger partial charge in [-0.15, -0.1) is 0 Å². The summed E-state index contributed by atoms with van der Waals surface area (Å²) in [5.74, 6) is -0.794. The largest absolute Gasteiger partial charge is 0.368 e. The minimum Gasteiger partial charge on any atom is -0.368 e. The van der Waals surface area contributed by atoms with Crippen molar-refractivity contribution in [2.24, 2.45) is 10.8 Å².